The largest absolute Gasteiger partial charge is 0.346 e. The van der Waals surface area contributed by atoms with Crippen molar-refractivity contribution >= 4 is 5.91 Å². The van der Waals surface area contributed by atoms with Gasteiger partial charge in [0.15, 0.2) is 0 Å². The molecule has 0 saturated heterocycles. The first-order valence-corrected chi connectivity index (χ1v) is 8.83. The molecule has 4 rings (SSSR count). The Morgan fingerprint density at radius 1 is 1.29 bits per heavy atom. The molecule has 6 nitrogen and oxygen atoms in total. The number of carbonyl (C=O) groups excluding carboxylic acids is 1. The minimum absolute atomic E-state index is 0.0616. The van der Waals surface area contributed by atoms with Crippen LogP contribution in [0.4, 0.5) is 0 Å². The lowest BCUT2D eigenvalue weighted by atomic mass is 10.1. The molecular formula is C18H25N5O. The first-order chi connectivity index (χ1) is 11.4. The van der Waals surface area contributed by atoms with E-state index in [2.05, 4.69) is 40.7 Å². The number of aromatic nitrogens is 4. The standard InChI is InChI=1S/C18H25N5O/c1-18(2,3)23-15(12-4-5-12)10-14(21-23)17(24)20-13-6-7-16-19-8-9-22(16)11-13/h8-10,12-13H,4-7,11H2,1-3H3,(H,20,24). The molecule has 128 valence electrons. The second-order valence-electron chi connectivity index (χ2n) is 8.02. The van der Waals surface area contributed by atoms with Crippen molar-refractivity contribution in [1.82, 2.24) is 24.6 Å². The smallest absolute Gasteiger partial charge is 0.272 e. The Balaban J connectivity index is 1.51. The van der Waals surface area contributed by atoms with Crippen molar-refractivity contribution in [3.05, 3.63) is 35.7 Å². The maximum Gasteiger partial charge on any atom is 0.272 e. The predicted molar refractivity (Wildman–Crippen MR) is 91.0 cm³/mol. The van der Waals surface area contributed by atoms with E-state index in [-0.39, 0.29) is 17.5 Å². The van der Waals surface area contributed by atoms with Gasteiger partial charge in [-0.3, -0.25) is 9.48 Å². The number of amides is 1. The summed E-state index contributed by atoms with van der Waals surface area (Å²) in [5.41, 5.74) is 1.64. The maximum absolute atomic E-state index is 12.7. The average Bonchev–Trinajstić information content (AvgIpc) is 3.09. The van der Waals surface area contributed by atoms with E-state index in [0.717, 1.165) is 25.2 Å². The third-order valence-corrected chi connectivity index (χ3v) is 4.87. The molecule has 2 aliphatic rings. The minimum atomic E-state index is -0.104. The lowest BCUT2D eigenvalue weighted by Crippen LogP contribution is -2.41. The van der Waals surface area contributed by atoms with Crippen LogP contribution in [0.1, 0.15) is 68.0 Å². The Morgan fingerprint density at radius 3 is 2.79 bits per heavy atom. The third kappa shape index (κ3) is 2.85. The van der Waals surface area contributed by atoms with E-state index in [1.54, 1.807) is 0 Å². The fraction of sp³-hybridized carbons (Fsp3) is 0.611. The molecule has 3 heterocycles. The molecule has 6 heteroatoms. The summed E-state index contributed by atoms with van der Waals surface area (Å²) >= 11 is 0. The fourth-order valence-electron chi connectivity index (χ4n) is 3.46. The molecule has 0 spiro atoms. The van der Waals surface area contributed by atoms with Crippen molar-refractivity contribution in [1.29, 1.82) is 0 Å². The fourth-order valence-corrected chi connectivity index (χ4v) is 3.46. The summed E-state index contributed by atoms with van der Waals surface area (Å²) in [7, 11) is 0. The van der Waals surface area contributed by atoms with E-state index in [1.165, 1.54) is 18.5 Å². The van der Waals surface area contributed by atoms with Crippen LogP contribution < -0.4 is 5.32 Å². The molecular weight excluding hydrogens is 302 g/mol. The first kappa shape index (κ1) is 15.4. The summed E-state index contributed by atoms with van der Waals surface area (Å²) in [5, 5.41) is 7.78. The van der Waals surface area contributed by atoms with E-state index in [9.17, 15) is 4.79 Å². The summed E-state index contributed by atoms with van der Waals surface area (Å²) in [5.74, 6) is 1.61. The minimum Gasteiger partial charge on any atom is -0.346 e. The van der Waals surface area contributed by atoms with Gasteiger partial charge in [-0.15, -0.1) is 0 Å². The Bertz CT molecular complexity index is 763. The molecule has 1 aliphatic carbocycles. The monoisotopic (exact) mass is 327 g/mol. The zero-order valence-electron chi connectivity index (χ0n) is 14.6. The van der Waals surface area contributed by atoms with Crippen molar-refractivity contribution in [3.63, 3.8) is 0 Å². The van der Waals surface area contributed by atoms with E-state index in [1.807, 2.05) is 23.1 Å². The molecule has 0 bridgehead atoms. The van der Waals surface area contributed by atoms with Crippen LogP contribution in [-0.2, 0) is 18.5 Å². The highest BCUT2D eigenvalue weighted by Crippen LogP contribution is 2.41. The first-order valence-electron chi connectivity index (χ1n) is 8.83. The molecule has 2 aromatic rings. The highest BCUT2D eigenvalue weighted by Gasteiger charge is 2.33. The molecule has 1 saturated carbocycles. The number of nitrogens with one attached hydrogen (secondary N) is 1. The zero-order chi connectivity index (χ0) is 16.9. The number of carbonyl (C=O) groups is 1. The maximum atomic E-state index is 12.7. The van der Waals surface area contributed by atoms with Crippen LogP contribution in [0, 0.1) is 0 Å². The highest BCUT2D eigenvalue weighted by atomic mass is 16.2. The van der Waals surface area contributed by atoms with Crippen LogP contribution in [-0.4, -0.2) is 31.3 Å². The summed E-state index contributed by atoms with van der Waals surface area (Å²) in [4.78, 5) is 17.0. The normalized spacial score (nSPS) is 20.7. The van der Waals surface area contributed by atoms with E-state index in [4.69, 9.17) is 0 Å². The molecule has 1 atom stereocenters. The van der Waals surface area contributed by atoms with Crippen molar-refractivity contribution < 1.29 is 4.79 Å². The van der Waals surface area contributed by atoms with Crippen molar-refractivity contribution in [3.8, 4) is 0 Å². The molecule has 1 fully saturated rings. The van der Waals surface area contributed by atoms with Gasteiger partial charge >= 0.3 is 0 Å². The molecule has 1 unspecified atom stereocenters. The van der Waals surface area contributed by atoms with Gasteiger partial charge in [-0.05, 0) is 46.1 Å². The molecule has 2 aromatic heterocycles. The number of hydrogen-bond donors (Lipinski definition) is 1. The summed E-state index contributed by atoms with van der Waals surface area (Å²) in [6.07, 6.45) is 8.04. The van der Waals surface area contributed by atoms with E-state index < -0.39 is 0 Å². The quantitative estimate of drug-likeness (QED) is 0.942. The van der Waals surface area contributed by atoms with Crippen LogP contribution in [0.25, 0.3) is 0 Å². The van der Waals surface area contributed by atoms with Crippen molar-refractivity contribution in [2.24, 2.45) is 0 Å². The second-order valence-corrected chi connectivity index (χ2v) is 8.02. The lowest BCUT2D eigenvalue weighted by Gasteiger charge is -2.24. The van der Waals surface area contributed by atoms with Crippen LogP contribution in [0.3, 0.4) is 0 Å². The van der Waals surface area contributed by atoms with Gasteiger partial charge in [0.2, 0.25) is 0 Å². The van der Waals surface area contributed by atoms with Gasteiger partial charge in [0.1, 0.15) is 11.5 Å². The molecule has 0 aromatic carbocycles. The van der Waals surface area contributed by atoms with Gasteiger partial charge in [-0.2, -0.15) is 5.10 Å². The van der Waals surface area contributed by atoms with Crippen LogP contribution in [0.5, 0.6) is 0 Å². The number of aryl methyl sites for hydroxylation is 1. The van der Waals surface area contributed by atoms with Gasteiger partial charge in [-0.25, -0.2) is 4.98 Å². The van der Waals surface area contributed by atoms with Gasteiger partial charge in [-0.1, -0.05) is 0 Å². The Hall–Kier alpha value is -2.11. The number of rotatable bonds is 3. The number of hydrogen-bond acceptors (Lipinski definition) is 3. The molecule has 1 amide bonds. The zero-order valence-corrected chi connectivity index (χ0v) is 14.6. The second kappa shape index (κ2) is 5.46. The van der Waals surface area contributed by atoms with Crippen molar-refractivity contribution in [2.75, 3.05) is 0 Å². The van der Waals surface area contributed by atoms with Crippen molar-refractivity contribution in [2.45, 2.75) is 70.5 Å². The lowest BCUT2D eigenvalue weighted by molar-refractivity contribution is 0.0921. The van der Waals surface area contributed by atoms with E-state index >= 15 is 0 Å². The van der Waals surface area contributed by atoms with E-state index in [0.29, 0.717) is 11.6 Å². The van der Waals surface area contributed by atoms with Gasteiger partial charge in [0, 0.05) is 43.0 Å². The Kier molecular flexibility index (Phi) is 3.51. The molecule has 1 N–H and O–H groups in total. The van der Waals surface area contributed by atoms with Crippen LogP contribution >= 0.6 is 0 Å². The average molecular weight is 327 g/mol. The summed E-state index contributed by atoms with van der Waals surface area (Å²) in [6.45, 7) is 7.19. The summed E-state index contributed by atoms with van der Waals surface area (Å²) < 4.78 is 4.16. The van der Waals surface area contributed by atoms with Crippen LogP contribution in [0.2, 0.25) is 0 Å². The number of imidazole rings is 1. The summed E-state index contributed by atoms with van der Waals surface area (Å²) in [6, 6.07) is 2.13. The Morgan fingerprint density at radius 2 is 2.08 bits per heavy atom. The topological polar surface area (TPSA) is 64.7 Å². The Labute approximate surface area is 142 Å². The number of nitrogens with zero attached hydrogens (tertiary/aromatic N) is 4. The van der Waals surface area contributed by atoms with Crippen LogP contribution in [0.15, 0.2) is 18.5 Å². The third-order valence-electron chi connectivity index (χ3n) is 4.87. The highest BCUT2D eigenvalue weighted by molar-refractivity contribution is 5.92. The van der Waals surface area contributed by atoms with Gasteiger partial charge in [0.05, 0.1) is 5.54 Å². The molecule has 0 radical (unpaired) electrons. The molecule has 24 heavy (non-hydrogen) atoms. The SMILES string of the molecule is CC(C)(C)n1nc(C(=O)NC2CCc3nccn3C2)cc1C1CC1. The van der Waals surface area contributed by atoms with Gasteiger partial charge in [0.25, 0.3) is 5.91 Å². The van der Waals surface area contributed by atoms with Gasteiger partial charge < -0.3 is 9.88 Å². The predicted octanol–water partition coefficient (Wildman–Crippen LogP) is 2.46. The number of fused-ring (bicyclic) bond motifs is 1. The molecule has 1 aliphatic heterocycles.